The molecule has 4 atom stereocenters. The third-order valence-corrected chi connectivity index (χ3v) is 5.54. The van der Waals surface area contributed by atoms with Gasteiger partial charge in [-0.05, 0) is 0 Å². The van der Waals surface area contributed by atoms with Gasteiger partial charge in [-0.25, -0.2) is 15.0 Å². The van der Waals surface area contributed by atoms with Gasteiger partial charge in [-0.2, -0.15) is 0 Å². The lowest BCUT2D eigenvalue weighted by Crippen LogP contribution is -2.33. The molecule has 20 heavy (non-hydrogen) atoms. The molecule has 10 heteroatoms. The highest BCUT2D eigenvalue weighted by Gasteiger charge is 2.44. The van der Waals surface area contributed by atoms with Gasteiger partial charge in [-0.1, -0.05) is 0 Å². The summed E-state index contributed by atoms with van der Waals surface area (Å²) in [7, 11) is 0. The summed E-state index contributed by atoms with van der Waals surface area (Å²) in [4.78, 5) is 12.3. The molecular weight excluding hydrogens is 397 g/mol. The molecule has 1 aliphatic rings. The second-order valence-corrected chi connectivity index (χ2v) is 6.74. The van der Waals surface area contributed by atoms with Crippen molar-refractivity contribution in [3.63, 3.8) is 0 Å². The minimum Gasteiger partial charge on any atom is -0.395 e. The number of aliphatic hydroxyl groups is 3. The van der Waals surface area contributed by atoms with E-state index in [1.165, 1.54) is 18.1 Å². The van der Waals surface area contributed by atoms with Crippen LogP contribution in [0.5, 0.6) is 0 Å². The number of hydrogen-bond acceptors (Lipinski definition) is 8. The molecule has 2 aromatic heterocycles. The molecule has 1 aliphatic heterocycles. The molecule has 0 saturated carbocycles. The molecule has 3 heterocycles. The van der Waals surface area contributed by atoms with Crippen molar-refractivity contribution in [1.29, 1.82) is 0 Å². The highest BCUT2D eigenvalue weighted by Crippen LogP contribution is 2.43. The largest absolute Gasteiger partial charge is 0.395 e. The van der Waals surface area contributed by atoms with Crippen LogP contribution in [-0.4, -0.2) is 58.9 Å². The van der Waals surface area contributed by atoms with Crippen LogP contribution in [0, 0.1) is 3.83 Å². The highest BCUT2D eigenvalue weighted by atomic mass is 127. The fraction of sp³-hybridized carbons (Fsp3) is 0.500. The minimum absolute atomic E-state index is 0.209. The van der Waals surface area contributed by atoms with Crippen LogP contribution in [-0.2, 0) is 0 Å². The quantitative estimate of drug-likeness (QED) is 0.380. The molecule has 5 N–H and O–H groups in total. The number of imidazole rings is 1. The van der Waals surface area contributed by atoms with E-state index < -0.39 is 22.8 Å². The number of anilines is 1. The van der Waals surface area contributed by atoms with E-state index in [4.69, 9.17) is 5.73 Å². The van der Waals surface area contributed by atoms with Gasteiger partial charge in [-0.15, -0.1) is 11.8 Å². The molecule has 108 valence electrons. The van der Waals surface area contributed by atoms with Crippen LogP contribution in [0.4, 0.5) is 5.82 Å². The smallest absolute Gasteiger partial charge is 0.174 e. The summed E-state index contributed by atoms with van der Waals surface area (Å²) in [5.41, 5.74) is 6.73. The van der Waals surface area contributed by atoms with E-state index in [-0.39, 0.29) is 12.4 Å². The summed E-state index contributed by atoms with van der Waals surface area (Å²) < 4.78 is 2.30. The average Bonchev–Trinajstić information content (AvgIpc) is 2.90. The van der Waals surface area contributed by atoms with E-state index >= 15 is 0 Å². The maximum absolute atomic E-state index is 10.2. The minimum atomic E-state index is -1.01. The van der Waals surface area contributed by atoms with Gasteiger partial charge in [0, 0.05) is 22.6 Å². The summed E-state index contributed by atoms with van der Waals surface area (Å²) >= 11 is 3.30. The Hall–Kier alpha value is -0.690. The van der Waals surface area contributed by atoms with Gasteiger partial charge in [0.1, 0.15) is 17.8 Å². The number of nitrogens with zero attached hydrogens (tertiary/aromatic N) is 4. The Morgan fingerprint density at radius 2 is 2.10 bits per heavy atom. The first-order chi connectivity index (χ1) is 9.54. The van der Waals surface area contributed by atoms with Crippen LogP contribution >= 0.6 is 34.4 Å². The van der Waals surface area contributed by atoms with Gasteiger partial charge >= 0.3 is 0 Å². The molecule has 1 saturated heterocycles. The molecule has 0 spiro atoms. The highest BCUT2D eigenvalue weighted by molar-refractivity contribution is 14.1. The van der Waals surface area contributed by atoms with Crippen molar-refractivity contribution in [3.05, 3.63) is 10.2 Å². The van der Waals surface area contributed by atoms with Crippen LogP contribution in [0.2, 0.25) is 0 Å². The number of aromatic nitrogens is 4. The maximum Gasteiger partial charge on any atom is 0.174 e. The van der Waals surface area contributed by atoms with Gasteiger partial charge in [0.25, 0.3) is 0 Å². The second-order valence-electron chi connectivity index (χ2n) is 4.41. The average molecular weight is 409 g/mol. The topological polar surface area (TPSA) is 130 Å². The summed E-state index contributed by atoms with van der Waals surface area (Å²) in [5, 5.41) is 28.4. The molecule has 2 aromatic rings. The van der Waals surface area contributed by atoms with Crippen molar-refractivity contribution in [2.75, 3.05) is 12.3 Å². The van der Waals surface area contributed by atoms with Gasteiger partial charge in [0.15, 0.2) is 20.8 Å². The number of fused-ring (bicyclic) bond motifs is 1. The Morgan fingerprint density at radius 1 is 1.35 bits per heavy atom. The van der Waals surface area contributed by atoms with Gasteiger partial charge in [-0.3, -0.25) is 4.57 Å². The van der Waals surface area contributed by atoms with Crippen molar-refractivity contribution >= 4 is 51.3 Å². The molecule has 0 unspecified atom stereocenters. The zero-order valence-corrected chi connectivity index (χ0v) is 13.1. The van der Waals surface area contributed by atoms with Crippen LogP contribution < -0.4 is 5.73 Å². The summed E-state index contributed by atoms with van der Waals surface area (Å²) in [6.45, 7) is -0.209. The number of thioether (sulfide) groups is 1. The summed E-state index contributed by atoms with van der Waals surface area (Å²) in [5.74, 6) is 0.267. The first-order valence-corrected chi connectivity index (χ1v) is 7.83. The van der Waals surface area contributed by atoms with Crippen molar-refractivity contribution < 1.29 is 15.3 Å². The van der Waals surface area contributed by atoms with E-state index in [9.17, 15) is 15.3 Å². The third kappa shape index (κ3) is 2.06. The van der Waals surface area contributed by atoms with E-state index in [1.807, 2.05) is 22.6 Å². The molecule has 0 amide bonds. The molecule has 1 fully saturated rings. The van der Waals surface area contributed by atoms with Crippen molar-refractivity contribution in [2.45, 2.75) is 22.8 Å². The predicted molar refractivity (Wildman–Crippen MR) is 82.0 cm³/mol. The molecule has 0 bridgehead atoms. The van der Waals surface area contributed by atoms with E-state index in [0.29, 0.717) is 15.0 Å². The molecule has 0 radical (unpaired) electrons. The standard InChI is InChI=1S/C10H12IN5O3S/c11-10-15-4-7(12)13-2-14-8(4)16(10)9-6(19)5(18)3(1-17)20-9/h2-3,5-6,9,17-19H,1H2,(H2,12,13,14)/t3-,5-,6-,9-/m1/s1. The Balaban J connectivity index is 2.11. The van der Waals surface area contributed by atoms with Crippen molar-refractivity contribution in [3.8, 4) is 0 Å². The lowest BCUT2D eigenvalue weighted by Gasteiger charge is -2.18. The number of halogens is 1. The van der Waals surface area contributed by atoms with Crippen LogP contribution in [0.15, 0.2) is 6.33 Å². The fourth-order valence-electron chi connectivity index (χ4n) is 2.22. The van der Waals surface area contributed by atoms with Gasteiger partial charge in [0.2, 0.25) is 0 Å². The van der Waals surface area contributed by atoms with Gasteiger partial charge in [0.05, 0.1) is 18.0 Å². The molecular formula is C10H12IN5O3S. The van der Waals surface area contributed by atoms with Crippen LogP contribution in [0.3, 0.4) is 0 Å². The predicted octanol–water partition coefficient (Wildman–Crippen LogP) is -0.659. The number of rotatable bonds is 2. The Morgan fingerprint density at radius 3 is 2.75 bits per heavy atom. The Kier molecular flexibility index (Phi) is 3.75. The first-order valence-electron chi connectivity index (χ1n) is 5.81. The normalized spacial score (nSPS) is 30.2. The number of nitrogens with two attached hydrogens (primary N) is 1. The van der Waals surface area contributed by atoms with Crippen molar-refractivity contribution in [1.82, 2.24) is 19.5 Å². The zero-order chi connectivity index (χ0) is 14.4. The van der Waals surface area contributed by atoms with Gasteiger partial charge < -0.3 is 21.1 Å². The van der Waals surface area contributed by atoms with E-state index in [0.717, 1.165) is 0 Å². The monoisotopic (exact) mass is 409 g/mol. The Bertz CT molecular complexity index is 653. The van der Waals surface area contributed by atoms with Crippen molar-refractivity contribution in [2.24, 2.45) is 0 Å². The Labute approximate surface area is 131 Å². The van der Waals surface area contributed by atoms with E-state index in [2.05, 4.69) is 15.0 Å². The first kappa shape index (κ1) is 14.3. The lowest BCUT2D eigenvalue weighted by atomic mass is 10.1. The molecule has 0 aliphatic carbocycles. The summed E-state index contributed by atoms with van der Waals surface area (Å²) in [6, 6.07) is 0. The van der Waals surface area contributed by atoms with Crippen LogP contribution in [0.1, 0.15) is 5.37 Å². The third-order valence-electron chi connectivity index (χ3n) is 3.23. The molecule has 3 rings (SSSR count). The number of hydrogen-bond donors (Lipinski definition) is 4. The second kappa shape index (κ2) is 5.26. The van der Waals surface area contributed by atoms with Crippen LogP contribution in [0.25, 0.3) is 11.2 Å². The van der Waals surface area contributed by atoms with E-state index in [1.54, 1.807) is 4.57 Å². The molecule has 0 aromatic carbocycles. The summed E-state index contributed by atoms with van der Waals surface area (Å²) in [6.07, 6.45) is -0.681. The number of aliphatic hydroxyl groups excluding tert-OH is 3. The SMILES string of the molecule is Nc1ncnc2c1nc(I)n2[C@@H]1S[C@H](CO)[C@@H](O)[C@H]1O. The maximum atomic E-state index is 10.2. The fourth-order valence-corrected chi connectivity index (χ4v) is 4.59. The lowest BCUT2D eigenvalue weighted by molar-refractivity contribution is 0.0109. The molecule has 8 nitrogen and oxygen atoms in total. The number of nitrogen functional groups attached to an aromatic ring is 1. The zero-order valence-electron chi connectivity index (χ0n) is 10.1.